The van der Waals surface area contributed by atoms with Crippen LogP contribution in [0.25, 0.3) is 0 Å². The zero-order valence-corrected chi connectivity index (χ0v) is 11.6. The number of hydrogen-bond acceptors (Lipinski definition) is 3. The summed E-state index contributed by atoms with van der Waals surface area (Å²) in [4.78, 5) is 14.1. The van der Waals surface area contributed by atoms with Crippen molar-refractivity contribution in [3.8, 4) is 0 Å². The fourth-order valence-electron chi connectivity index (χ4n) is 2.58. The number of aliphatic hydroxyl groups is 1. The molecule has 0 aromatic rings. The molecule has 1 atom stereocenters. The van der Waals surface area contributed by atoms with Gasteiger partial charge in [0.05, 0.1) is 6.61 Å². The lowest BCUT2D eigenvalue weighted by atomic mass is 9.90. The molecule has 0 spiro atoms. The molecule has 1 amide bonds. The van der Waals surface area contributed by atoms with Crippen LogP contribution in [0.4, 0.5) is 0 Å². The van der Waals surface area contributed by atoms with Gasteiger partial charge in [-0.05, 0) is 44.6 Å². The topological polar surface area (TPSA) is 66.6 Å². The Bertz CT molecular complexity index is 242. The Hall–Kier alpha value is -0.610. The van der Waals surface area contributed by atoms with E-state index in [9.17, 15) is 4.79 Å². The van der Waals surface area contributed by atoms with Crippen LogP contribution >= 0.6 is 0 Å². The van der Waals surface area contributed by atoms with Crippen LogP contribution in [-0.4, -0.2) is 41.7 Å². The SMILES string of the molecule is CCC(CCN)CCC(=O)N(CCO)C1CCC1. The smallest absolute Gasteiger partial charge is 0.222 e. The molecule has 0 heterocycles. The molecule has 0 saturated heterocycles. The van der Waals surface area contributed by atoms with Crippen LogP contribution in [0.5, 0.6) is 0 Å². The summed E-state index contributed by atoms with van der Waals surface area (Å²) in [5.41, 5.74) is 5.57. The second-order valence-electron chi connectivity index (χ2n) is 5.29. The van der Waals surface area contributed by atoms with Crippen LogP contribution in [0.15, 0.2) is 0 Å². The van der Waals surface area contributed by atoms with Crippen LogP contribution in [-0.2, 0) is 4.79 Å². The standard InChI is InChI=1S/C14H28N2O2/c1-2-12(8-9-15)6-7-14(18)16(10-11-17)13-4-3-5-13/h12-13,17H,2-11,15H2,1H3. The van der Waals surface area contributed by atoms with Gasteiger partial charge in [-0.25, -0.2) is 0 Å². The lowest BCUT2D eigenvalue weighted by molar-refractivity contribution is -0.136. The molecule has 4 nitrogen and oxygen atoms in total. The van der Waals surface area contributed by atoms with Gasteiger partial charge in [-0.2, -0.15) is 0 Å². The van der Waals surface area contributed by atoms with Crippen molar-refractivity contribution in [2.75, 3.05) is 19.7 Å². The molecule has 1 saturated carbocycles. The summed E-state index contributed by atoms with van der Waals surface area (Å²) >= 11 is 0. The summed E-state index contributed by atoms with van der Waals surface area (Å²) in [6.45, 7) is 3.43. The average molecular weight is 256 g/mol. The second kappa shape index (κ2) is 8.48. The summed E-state index contributed by atoms with van der Waals surface area (Å²) in [5.74, 6) is 0.778. The van der Waals surface area contributed by atoms with E-state index in [1.807, 2.05) is 4.90 Å². The summed E-state index contributed by atoms with van der Waals surface area (Å²) in [6.07, 6.45) is 7.05. The quantitative estimate of drug-likeness (QED) is 0.657. The van der Waals surface area contributed by atoms with E-state index in [2.05, 4.69) is 6.92 Å². The number of amides is 1. The highest BCUT2D eigenvalue weighted by molar-refractivity contribution is 5.76. The van der Waals surface area contributed by atoms with E-state index in [1.165, 1.54) is 6.42 Å². The Morgan fingerprint density at radius 3 is 2.61 bits per heavy atom. The van der Waals surface area contributed by atoms with Crippen molar-refractivity contribution in [2.24, 2.45) is 11.7 Å². The van der Waals surface area contributed by atoms with Crippen molar-refractivity contribution >= 4 is 5.91 Å². The Kier molecular flexibility index (Phi) is 7.28. The predicted molar refractivity (Wildman–Crippen MR) is 73.1 cm³/mol. The van der Waals surface area contributed by atoms with Crippen LogP contribution in [0.3, 0.4) is 0 Å². The maximum absolute atomic E-state index is 12.2. The van der Waals surface area contributed by atoms with Gasteiger partial charge >= 0.3 is 0 Å². The molecular weight excluding hydrogens is 228 g/mol. The van der Waals surface area contributed by atoms with Crippen LogP contribution in [0.1, 0.15) is 51.9 Å². The van der Waals surface area contributed by atoms with E-state index >= 15 is 0 Å². The van der Waals surface area contributed by atoms with Gasteiger partial charge in [-0.3, -0.25) is 4.79 Å². The van der Waals surface area contributed by atoms with Crippen molar-refractivity contribution in [3.63, 3.8) is 0 Å². The molecule has 1 unspecified atom stereocenters. The summed E-state index contributed by atoms with van der Waals surface area (Å²) in [6, 6.07) is 0.388. The van der Waals surface area contributed by atoms with E-state index in [0.717, 1.165) is 32.1 Å². The molecule has 0 bridgehead atoms. The Balaban J connectivity index is 2.35. The fourth-order valence-corrected chi connectivity index (χ4v) is 2.58. The minimum absolute atomic E-state index is 0.0717. The van der Waals surface area contributed by atoms with Crippen LogP contribution in [0.2, 0.25) is 0 Å². The molecular formula is C14H28N2O2. The molecule has 1 aliphatic rings. The van der Waals surface area contributed by atoms with Gasteiger partial charge in [-0.15, -0.1) is 0 Å². The molecule has 0 aromatic heterocycles. The molecule has 1 aliphatic carbocycles. The zero-order valence-electron chi connectivity index (χ0n) is 11.6. The third-order valence-corrected chi connectivity index (χ3v) is 4.10. The van der Waals surface area contributed by atoms with Gasteiger partial charge in [-0.1, -0.05) is 13.3 Å². The van der Waals surface area contributed by atoms with Crippen molar-refractivity contribution in [1.82, 2.24) is 4.90 Å². The van der Waals surface area contributed by atoms with Crippen molar-refractivity contribution < 1.29 is 9.90 Å². The molecule has 1 rings (SSSR count). The van der Waals surface area contributed by atoms with E-state index in [4.69, 9.17) is 10.8 Å². The molecule has 0 aromatic carbocycles. The van der Waals surface area contributed by atoms with Gasteiger partial charge in [0.15, 0.2) is 0 Å². The highest BCUT2D eigenvalue weighted by Gasteiger charge is 2.28. The third-order valence-electron chi connectivity index (χ3n) is 4.10. The highest BCUT2D eigenvalue weighted by atomic mass is 16.3. The first-order chi connectivity index (χ1) is 8.72. The van der Waals surface area contributed by atoms with Crippen LogP contribution < -0.4 is 5.73 Å². The maximum Gasteiger partial charge on any atom is 0.222 e. The molecule has 0 radical (unpaired) electrons. The normalized spacial score (nSPS) is 17.3. The number of carbonyl (C=O) groups excluding carboxylic acids is 1. The maximum atomic E-state index is 12.2. The summed E-state index contributed by atoms with van der Waals surface area (Å²) in [5, 5.41) is 9.05. The van der Waals surface area contributed by atoms with Crippen molar-refractivity contribution in [3.05, 3.63) is 0 Å². The number of nitrogens with zero attached hydrogens (tertiary/aromatic N) is 1. The molecule has 18 heavy (non-hydrogen) atoms. The minimum atomic E-state index is 0.0717. The molecule has 4 heteroatoms. The number of hydrogen-bond donors (Lipinski definition) is 2. The third kappa shape index (κ3) is 4.58. The monoisotopic (exact) mass is 256 g/mol. The predicted octanol–water partition coefficient (Wildman–Crippen LogP) is 1.52. The number of rotatable bonds is 9. The largest absolute Gasteiger partial charge is 0.395 e. The first-order valence-electron chi connectivity index (χ1n) is 7.33. The molecule has 0 aliphatic heterocycles. The lowest BCUT2D eigenvalue weighted by Gasteiger charge is -2.37. The Morgan fingerprint density at radius 1 is 1.44 bits per heavy atom. The van der Waals surface area contributed by atoms with Crippen LogP contribution in [0, 0.1) is 5.92 Å². The number of carbonyl (C=O) groups is 1. The average Bonchev–Trinajstić information content (AvgIpc) is 2.31. The summed E-state index contributed by atoms with van der Waals surface area (Å²) in [7, 11) is 0. The van der Waals surface area contributed by atoms with E-state index in [0.29, 0.717) is 31.5 Å². The van der Waals surface area contributed by atoms with Crippen molar-refractivity contribution in [2.45, 2.75) is 57.9 Å². The van der Waals surface area contributed by atoms with Gasteiger partial charge in [0.25, 0.3) is 0 Å². The van der Waals surface area contributed by atoms with E-state index < -0.39 is 0 Å². The first-order valence-corrected chi connectivity index (χ1v) is 7.33. The minimum Gasteiger partial charge on any atom is -0.395 e. The molecule has 1 fully saturated rings. The van der Waals surface area contributed by atoms with Crippen molar-refractivity contribution in [1.29, 1.82) is 0 Å². The van der Waals surface area contributed by atoms with Gasteiger partial charge < -0.3 is 15.7 Å². The summed E-state index contributed by atoms with van der Waals surface area (Å²) < 4.78 is 0. The Morgan fingerprint density at radius 2 is 2.17 bits per heavy atom. The number of aliphatic hydroxyl groups excluding tert-OH is 1. The molecule has 106 valence electrons. The second-order valence-corrected chi connectivity index (χ2v) is 5.29. The molecule has 3 N–H and O–H groups in total. The highest BCUT2D eigenvalue weighted by Crippen LogP contribution is 2.26. The van der Waals surface area contributed by atoms with Gasteiger partial charge in [0, 0.05) is 19.0 Å². The lowest BCUT2D eigenvalue weighted by Crippen LogP contribution is -2.45. The zero-order chi connectivity index (χ0) is 13.4. The first kappa shape index (κ1) is 15.4. The van der Waals surface area contributed by atoms with Gasteiger partial charge in [0.2, 0.25) is 5.91 Å². The van der Waals surface area contributed by atoms with Gasteiger partial charge in [0.1, 0.15) is 0 Å². The fraction of sp³-hybridized carbons (Fsp3) is 0.929. The van der Waals surface area contributed by atoms with E-state index in [-0.39, 0.29) is 12.5 Å². The number of nitrogens with two attached hydrogens (primary N) is 1. The van der Waals surface area contributed by atoms with E-state index in [1.54, 1.807) is 0 Å². The Labute approximate surface area is 111 Å².